The van der Waals surface area contributed by atoms with Crippen LogP contribution in [0, 0.1) is 11.8 Å². The Kier molecular flexibility index (Phi) is 13.1. The van der Waals surface area contributed by atoms with E-state index >= 15 is 0 Å². The van der Waals surface area contributed by atoms with Crippen LogP contribution >= 0.6 is 30.9 Å². The van der Waals surface area contributed by atoms with Gasteiger partial charge in [-0.3, -0.25) is 9.36 Å². The average molecular weight is 850 g/mol. The topological polar surface area (TPSA) is 202 Å². The second-order valence-electron chi connectivity index (χ2n) is 13.9. The molecule has 5 heterocycles. The van der Waals surface area contributed by atoms with Crippen LogP contribution in [0.25, 0.3) is 0 Å². The highest BCUT2D eigenvalue weighted by atomic mass is 35.5. The van der Waals surface area contributed by atoms with E-state index in [1.54, 1.807) is 35.9 Å². The molecule has 310 valence electrons. The van der Waals surface area contributed by atoms with Crippen molar-refractivity contribution in [3.8, 4) is 28.7 Å². The molecule has 11 atom stereocenters. The summed E-state index contributed by atoms with van der Waals surface area (Å²) < 4.78 is 70.8. The lowest BCUT2D eigenvalue weighted by atomic mass is 9.66. The maximum absolute atomic E-state index is 13.4. The molecule has 4 N–H and O–H groups in total. The number of aromatic hydroxyl groups is 1. The number of halogens is 2. The van der Waals surface area contributed by atoms with Gasteiger partial charge in [-0.25, -0.2) is 9.76 Å². The number of ether oxygens (including phenoxy) is 9. The number of hydrogen-bond acceptors (Lipinski definition) is 15. The van der Waals surface area contributed by atoms with Crippen LogP contribution in [0.5, 0.6) is 28.7 Å². The molecule has 4 fully saturated rings. The smallest absolute Gasteiger partial charge is 0.343 e. The first-order valence-electron chi connectivity index (χ1n) is 18.4. The number of methoxy groups -OCH3 is 2. The van der Waals surface area contributed by atoms with Crippen LogP contribution in [0.4, 0.5) is 0 Å². The minimum Gasteiger partial charge on any atom is -0.502 e. The van der Waals surface area contributed by atoms with Crippen molar-refractivity contribution < 1.29 is 71.8 Å². The molecule has 6 aliphatic rings. The summed E-state index contributed by atoms with van der Waals surface area (Å²) in [5.74, 6) is -0.152. The van der Waals surface area contributed by atoms with E-state index in [4.69, 9.17) is 70.4 Å². The summed E-state index contributed by atoms with van der Waals surface area (Å²) in [5, 5.41) is 35.4. The Morgan fingerprint density at radius 2 is 1.68 bits per heavy atom. The van der Waals surface area contributed by atoms with Gasteiger partial charge in [-0.15, -0.1) is 23.2 Å². The summed E-state index contributed by atoms with van der Waals surface area (Å²) in [6, 6.07) is 6.93. The molecule has 2 aromatic rings. The average Bonchev–Trinajstić information content (AvgIpc) is 3.83. The molecule has 0 saturated carbocycles. The van der Waals surface area contributed by atoms with Crippen LogP contribution in [0.15, 0.2) is 24.3 Å². The second kappa shape index (κ2) is 17.7. The monoisotopic (exact) mass is 848 g/mol. The lowest BCUT2D eigenvalue weighted by molar-refractivity contribution is -0.364. The van der Waals surface area contributed by atoms with Gasteiger partial charge >= 0.3 is 13.6 Å². The molecule has 0 aromatic heterocycles. The molecule has 8 rings (SSSR count). The third kappa shape index (κ3) is 8.03. The highest BCUT2D eigenvalue weighted by Gasteiger charge is 2.56. The van der Waals surface area contributed by atoms with E-state index in [1.807, 2.05) is 0 Å². The number of alkyl halides is 2. The number of cyclic esters (lactones) is 1. The number of carbonyl (C=O) groups excluding carboxylic acids is 1. The fourth-order valence-electron chi connectivity index (χ4n) is 8.05. The van der Waals surface area contributed by atoms with Crippen molar-refractivity contribution in [1.82, 2.24) is 9.76 Å². The van der Waals surface area contributed by atoms with Crippen molar-refractivity contribution in [3.05, 3.63) is 41.0 Å². The molecular weight excluding hydrogens is 802 g/mol. The van der Waals surface area contributed by atoms with Gasteiger partial charge in [0.25, 0.3) is 0 Å². The first kappa shape index (κ1) is 41.5. The maximum Gasteiger partial charge on any atom is 0.343 e. The van der Waals surface area contributed by atoms with E-state index in [2.05, 4.69) is 5.09 Å². The van der Waals surface area contributed by atoms with Crippen molar-refractivity contribution in [3.63, 3.8) is 0 Å². The van der Waals surface area contributed by atoms with Crippen LogP contribution in [-0.4, -0.2) is 135 Å². The van der Waals surface area contributed by atoms with E-state index in [-0.39, 0.29) is 37.3 Å². The van der Waals surface area contributed by atoms with Gasteiger partial charge in [0.1, 0.15) is 24.4 Å². The van der Waals surface area contributed by atoms with E-state index in [9.17, 15) is 24.7 Å². The Hall–Kier alpha value is -2.64. The van der Waals surface area contributed by atoms with Gasteiger partial charge in [-0.2, -0.15) is 0 Å². The van der Waals surface area contributed by atoms with Crippen molar-refractivity contribution in [2.24, 2.45) is 11.8 Å². The van der Waals surface area contributed by atoms with Gasteiger partial charge in [0.15, 0.2) is 35.6 Å². The van der Waals surface area contributed by atoms with Crippen molar-refractivity contribution >= 4 is 36.8 Å². The Morgan fingerprint density at radius 1 is 0.964 bits per heavy atom. The third-order valence-electron chi connectivity index (χ3n) is 10.7. The van der Waals surface area contributed by atoms with Gasteiger partial charge in [-0.1, -0.05) is 0 Å². The Balaban J connectivity index is 0.000000292. The summed E-state index contributed by atoms with van der Waals surface area (Å²) in [6.45, 7) is 4.29. The molecule has 0 amide bonds. The zero-order valence-electron chi connectivity index (χ0n) is 31.0. The van der Waals surface area contributed by atoms with Crippen LogP contribution in [-0.2, 0) is 37.6 Å². The molecule has 5 aliphatic heterocycles. The normalized spacial score (nSPS) is 34.7. The maximum atomic E-state index is 13.4. The summed E-state index contributed by atoms with van der Waals surface area (Å²) in [4.78, 5) is 13.4. The second-order valence-corrected chi connectivity index (χ2v) is 16.9. The zero-order valence-corrected chi connectivity index (χ0v) is 33.5. The molecule has 56 heavy (non-hydrogen) atoms. The number of fused-ring (bicyclic) bond motifs is 4. The molecule has 0 spiro atoms. The fraction of sp³-hybridized carbons (Fsp3) is 0.639. The Bertz CT molecular complexity index is 1750. The van der Waals surface area contributed by atoms with Crippen LogP contribution in [0.2, 0.25) is 0 Å². The number of rotatable bonds is 10. The number of aliphatic hydroxyl groups is 2. The van der Waals surface area contributed by atoms with E-state index in [0.717, 1.165) is 13.0 Å². The number of nitrogens with one attached hydrogen (secondary N) is 1. The van der Waals surface area contributed by atoms with Gasteiger partial charge in [0.05, 0.1) is 46.1 Å². The SMILES string of the molecule is COc1cc([C@@H]2c3cc4c(cc3C(O[C@@H]3O[C@@H]5CO[C@@H](C)O[C@H]5[C@H](O)[C@H]3O)C3COC(=O)[C@@H]32)OCO4)cc(OC)c1O.O=P1(NCCCl)OCCCN1CCCl. The quantitative estimate of drug-likeness (QED) is 0.154. The van der Waals surface area contributed by atoms with Crippen LogP contribution in [0.1, 0.15) is 42.1 Å². The zero-order chi connectivity index (χ0) is 39.7. The number of nitrogens with zero attached hydrogens (tertiary/aromatic N) is 1. The molecule has 3 unspecified atom stereocenters. The van der Waals surface area contributed by atoms with Gasteiger partial charge in [0.2, 0.25) is 12.5 Å². The summed E-state index contributed by atoms with van der Waals surface area (Å²) >= 11 is 11.1. The largest absolute Gasteiger partial charge is 0.502 e. The summed E-state index contributed by atoms with van der Waals surface area (Å²) in [6.07, 6.45) is -5.90. The van der Waals surface area contributed by atoms with Crippen LogP contribution in [0.3, 0.4) is 0 Å². The predicted molar refractivity (Wildman–Crippen MR) is 198 cm³/mol. The molecule has 0 bridgehead atoms. The first-order chi connectivity index (χ1) is 27.0. The Labute approximate surface area is 333 Å². The van der Waals surface area contributed by atoms with Crippen molar-refractivity contribution in [2.75, 3.05) is 72.2 Å². The fourth-order valence-corrected chi connectivity index (χ4v) is 10.6. The highest BCUT2D eigenvalue weighted by molar-refractivity contribution is 7.54. The number of carbonyl (C=O) groups is 1. The molecule has 0 radical (unpaired) electrons. The lowest BCUT2D eigenvalue weighted by Crippen LogP contribution is -2.63. The number of phenolic OH excluding ortho intramolecular Hbond substituents is 1. The molecule has 17 nitrogen and oxygen atoms in total. The molecule has 20 heteroatoms. The molecular formula is C36H47Cl2N2O15P. The number of hydrogen-bond donors (Lipinski definition) is 4. The van der Waals surface area contributed by atoms with E-state index in [1.165, 1.54) is 14.2 Å². The highest BCUT2D eigenvalue weighted by Crippen LogP contribution is 2.57. The minimum atomic E-state index is -2.84. The van der Waals surface area contributed by atoms with Crippen molar-refractivity contribution in [1.29, 1.82) is 0 Å². The summed E-state index contributed by atoms with van der Waals surface area (Å²) in [7, 11) is 0.0173. The minimum absolute atomic E-state index is 0.0301. The van der Waals surface area contributed by atoms with Crippen LogP contribution < -0.4 is 24.0 Å². The molecule has 2 aromatic carbocycles. The predicted octanol–water partition coefficient (Wildman–Crippen LogP) is 3.22. The van der Waals surface area contributed by atoms with E-state index < -0.39 is 74.5 Å². The van der Waals surface area contributed by atoms with Crippen molar-refractivity contribution in [2.45, 2.75) is 62.4 Å². The number of aliphatic hydroxyl groups excluding tert-OH is 2. The molecule has 4 saturated heterocycles. The third-order valence-corrected chi connectivity index (χ3v) is 13.4. The van der Waals surface area contributed by atoms with Gasteiger partial charge < -0.3 is 62.5 Å². The summed E-state index contributed by atoms with van der Waals surface area (Å²) in [5.41, 5.74) is 2.01. The van der Waals surface area contributed by atoms with E-state index in [0.29, 0.717) is 59.6 Å². The number of esters is 1. The lowest BCUT2D eigenvalue weighted by Gasteiger charge is -2.47. The molecule has 1 aliphatic carbocycles. The standard InChI is InChI=1S/C29H32O13.C7H15Cl2N2O2P/c1-11-36-9-20-27(40-11)24(31)25(32)29(41-20)42-26-14-7-17-16(38-10-39-17)6-13(14)21(22-15(26)8-37-28(22)33)12-4-18(34-2)23(30)19(5-12)35-3;8-2-4-10-14(12)11(6-3-9)5-1-7-13-14/h4-7,11,15,20-22,24-27,29-32H,8-10H2,1-3H3;1-7H2,(H,10,12)/t11-,15?,20-,21-,22+,24-,25-,26?,27-,29+;/m1./s1. The van der Waals surface area contributed by atoms with Gasteiger partial charge in [-0.05, 0) is 54.3 Å². The first-order valence-corrected chi connectivity index (χ1v) is 21.0. The van der Waals surface area contributed by atoms with Gasteiger partial charge in [0, 0.05) is 43.2 Å². The Morgan fingerprint density at radius 3 is 2.36 bits per heavy atom. The number of phenols is 1. The number of benzene rings is 2.